The van der Waals surface area contributed by atoms with E-state index in [0.717, 1.165) is 51.9 Å². The average Bonchev–Trinajstić information content (AvgIpc) is 3.11. The highest BCUT2D eigenvalue weighted by Gasteiger charge is 2.22. The molecule has 0 aliphatic heterocycles. The predicted octanol–water partition coefficient (Wildman–Crippen LogP) is 3.96. The van der Waals surface area contributed by atoms with Gasteiger partial charge in [0.2, 0.25) is 0 Å². The summed E-state index contributed by atoms with van der Waals surface area (Å²) in [4.78, 5) is 4.69. The topological polar surface area (TPSA) is 60.2 Å². The largest absolute Gasteiger partial charge is 0.508 e. The molecular formula is C22H19N3O2. The number of benzene rings is 2. The van der Waals surface area contributed by atoms with Crippen LogP contribution in [-0.4, -0.2) is 27.0 Å². The molecule has 0 unspecified atom stereocenters. The molecule has 0 saturated carbocycles. The van der Waals surface area contributed by atoms with Gasteiger partial charge in [-0.05, 0) is 53.3 Å². The Morgan fingerprint density at radius 3 is 2.74 bits per heavy atom. The lowest BCUT2D eigenvalue weighted by atomic mass is 9.85. The van der Waals surface area contributed by atoms with E-state index in [1.807, 2.05) is 47.4 Å². The van der Waals surface area contributed by atoms with E-state index >= 15 is 0 Å². The maximum Gasteiger partial charge on any atom is 0.158 e. The Morgan fingerprint density at radius 1 is 1.07 bits per heavy atom. The first-order valence-electron chi connectivity index (χ1n) is 9.02. The van der Waals surface area contributed by atoms with Gasteiger partial charge in [-0.15, -0.1) is 0 Å². The van der Waals surface area contributed by atoms with Crippen molar-refractivity contribution in [2.24, 2.45) is 0 Å². The quantitative estimate of drug-likeness (QED) is 0.603. The molecule has 1 aliphatic rings. The number of phenolic OH excluding ortho intramolecular Hbond substituents is 1. The molecule has 5 nitrogen and oxygen atoms in total. The van der Waals surface area contributed by atoms with Crippen molar-refractivity contribution in [1.29, 1.82) is 0 Å². The van der Waals surface area contributed by atoms with E-state index in [1.54, 1.807) is 13.2 Å². The Hall–Kier alpha value is -3.34. The fourth-order valence-electron chi connectivity index (χ4n) is 3.93. The summed E-state index contributed by atoms with van der Waals surface area (Å²) in [6.07, 6.45) is 5.56. The fraction of sp³-hybridized carbons (Fsp3) is 0.182. The molecule has 1 N–H and O–H groups in total. The maximum absolute atomic E-state index is 10.3. The van der Waals surface area contributed by atoms with Gasteiger partial charge in [0.1, 0.15) is 11.5 Å². The van der Waals surface area contributed by atoms with Gasteiger partial charge in [0.25, 0.3) is 0 Å². The summed E-state index contributed by atoms with van der Waals surface area (Å²) in [5.41, 5.74) is 6.47. The van der Waals surface area contributed by atoms with E-state index in [-0.39, 0.29) is 0 Å². The van der Waals surface area contributed by atoms with Gasteiger partial charge in [-0.2, -0.15) is 5.10 Å². The molecule has 0 saturated heterocycles. The lowest BCUT2D eigenvalue weighted by Crippen LogP contribution is -2.07. The second-order valence-electron chi connectivity index (χ2n) is 6.85. The number of hydrogen-bond donors (Lipinski definition) is 1. The van der Waals surface area contributed by atoms with Crippen molar-refractivity contribution in [3.8, 4) is 22.6 Å². The molecule has 5 heteroatoms. The van der Waals surface area contributed by atoms with Crippen LogP contribution in [0.15, 0.2) is 54.9 Å². The van der Waals surface area contributed by atoms with Crippen LogP contribution in [0.25, 0.3) is 22.2 Å². The van der Waals surface area contributed by atoms with E-state index in [1.165, 1.54) is 5.56 Å². The van der Waals surface area contributed by atoms with Crippen LogP contribution in [0, 0.1) is 0 Å². The zero-order chi connectivity index (χ0) is 18.4. The van der Waals surface area contributed by atoms with Crippen LogP contribution in [0.5, 0.6) is 11.5 Å². The molecule has 0 fully saturated rings. The van der Waals surface area contributed by atoms with Crippen LogP contribution < -0.4 is 4.74 Å². The van der Waals surface area contributed by atoms with Gasteiger partial charge < -0.3 is 9.84 Å². The normalized spacial score (nSPS) is 12.6. The molecule has 0 radical (unpaired) electrons. The second kappa shape index (κ2) is 6.13. The average molecular weight is 357 g/mol. The minimum Gasteiger partial charge on any atom is -0.508 e. The van der Waals surface area contributed by atoms with Gasteiger partial charge in [-0.1, -0.05) is 24.3 Å². The van der Waals surface area contributed by atoms with Crippen molar-refractivity contribution >= 4 is 11.0 Å². The Labute approximate surface area is 156 Å². The molecule has 1 aliphatic carbocycles. The minimum absolute atomic E-state index is 0.369. The molecule has 0 amide bonds. The number of aromatic hydroxyl groups is 1. The third kappa shape index (κ3) is 2.54. The van der Waals surface area contributed by atoms with Crippen LogP contribution in [0.2, 0.25) is 0 Å². The number of rotatable bonds is 3. The molecule has 27 heavy (non-hydrogen) atoms. The number of aromatic nitrogens is 3. The number of phenols is 1. The number of nitrogens with zero attached hydrogens (tertiary/aromatic N) is 3. The zero-order valence-corrected chi connectivity index (χ0v) is 15.0. The van der Waals surface area contributed by atoms with E-state index in [9.17, 15) is 5.11 Å². The van der Waals surface area contributed by atoms with E-state index in [4.69, 9.17) is 9.72 Å². The van der Waals surface area contributed by atoms with Crippen molar-refractivity contribution < 1.29 is 9.84 Å². The molecule has 0 bridgehead atoms. The fourth-order valence-corrected chi connectivity index (χ4v) is 3.93. The number of hydrogen-bond acceptors (Lipinski definition) is 4. The van der Waals surface area contributed by atoms with Gasteiger partial charge in [-0.25, -0.2) is 9.67 Å². The molecule has 5 rings (SSSR count). The lowest BCUT2D eigenvalue weighted by molar-refractivity contribution is 0.414. The summed E-state index contributed by atoms with van der Waals surface area (Å²) in [5.74, 6) is 1.21. The van der Waals surface area contributed by atoms with Crippen molar-refractivity contribution in [3.63, 3.8) is 0 Å². The van der Waals surface area contributed by atoms with Crippen molar-refractivity contribution in [3.05, 3.63) is 71.5 Å². The highest BCUT2D eigenvalue weighted by molar-refractivity contribution is 5.96. The van der Waals surface area contributed by atoms with Crippen molar-refractivity contribution in [2.45, 2.75) is 19.4 Å². The summed E-state index contributed by atoms with van der Waals surface area (Å²) >= 11 is 0. The number of ether oxygens (including phenoxy) is 1. The Morgan fingerprint density at radius 2 is 1.93 bits per heavy atom. The summed E-state index contributed by atoms with van der Waals surface area (Å²) < 4.78 is 7.15. The molecule has 0 spiro atoms. The lowest BCUT2D eigenvalue weighted by Gasteiger charge is -2.21. The highest BCUT2D eigenvalue weighted by Crippen LogP contribution is 2.40. The Kier molecular flexibility index (Phi) is 3.60. The van der Waals surface area contributed by atoms with Crippen LogP contribution >= 0.6 is 0 Å². The minimum atomic E-state index is 0.369. The number of aryl methyl sites for hydroxylation is 1. The van der Waals surface area contributed by atoms with E-state index in [0.29, 0.717) is 12.3 Å². The Balaban J connectivity index is 1.61. The molecule has 0 atom stereocenters. The van der Waals surface area contributed by atoms with E-state index in [2.05, 4.69) is 11.2 Å². The second-order valence-corrected chi connectivity index (χ2v) is 6.85. The molecule has 134 valence electrons. The smallest absolute Gasteiger partial charge is 0.158 e. The van der Waals surface area contributed by atoms with Crippen molar-refractivity contribution in [1.82, 2.24) is 14.8 Å². The van der Waals surface area contributed by atoms with Gasteiger partial charge in [0, 0.05) is 17.1 Å². The predicted molar refractivity (Wildman–Crippen MR) is 104 cm³/mol. The first kappa shape index (κ1) is 15.9. The summed E-state index contributed by atoms with van der Waals surface area (Å²) in [6.45, 7) is 0.645. The summed E-state index contributed by atoms with van der Waals surface area (Å²) in [5, 5.41) is 15.9. The van der Waals surface area contributed by atoms with Crippen LogP contribution in [0.1, 0.15) is 16.7 Å². The Bertz CT molecular complexity index is 1150. The number of methoxy groups -OCH3 is 1. The summed E-state index contributed by atoms with van der Waals surface area (Å²) in [6, 6.07) is 13.7. The maximum atomic E-state index is 10.3. The van der Waals surface area contributed by atoms with Gasteiger partial charge in [0.15, 0.2) is 5.65 Å². The standard InChI is InChI=1S/C22H19N3O2/c1-27-16-8-5-14(6-9-16)13-25-22-19(12-24-25)21-15(11-23-22)7-10-17-18(21)3-2-4-20(17)26/h2-6,8-9,11-12,26H,7,10,13H2,1H3. The first-order chi connectivity index (χ1) is 13.2. The van der Waals surface area contributed by atoms with Crippen LogP contribution in [-0.2, 0) is 19.4 Å². The molecule has 2 aromatic heterocycles. The monoisotopic (exact) mass is 357 g/mol. The van der Waals surface area contributed by atoms with Crippen LogP contribution in [0.3, 0.4) is 0 Å². The SMILES string of the molecule is COc1ccc(Cn2ncc3c4c(cnc32)CCc2c(O)cccc2-4)cc1. The third-order valence-corrected chi connectivity index (χ3v) is 5.30. The molecule has 4 aromatic rings. The molecule has 2 aromatic carbocycles. The number of fused-ring (bicyclic) bond motifs is 5. The highest BCUT2D eigenvalue weighted by atomic mass is 16.5. The van der Waals surface area contributed by atoms with Crippen molar-refractivity contribution in [2.75, 3.05) is 7.11 Å². The third-order valence-electron chi connectivity index (χ3n) is 5.30. The first-order valence-corrected chi connectivity index (χ1v) is 9.02. The van der Waals surface area contributed by atoms with Crippen LogP contribution in [0.4, 0.5) is 0 Å². The number of pyridine rings is 1. The molecule has 2 heterocycles. The zero-order valence-electron chi connectivity index (χ0n) is 15.0. The summed E-state index contributed by atoms with van der Waals surface area (Å²) in [7, 11) is 1.67. The molecular weight excluding hydrogens is 338 g/mol. The van der Waals surface area contributed by atoms with Gasteiger partial charge >= 0.3 is 0 Å². The van der Waals surface area contributed by atoms with Gasteiger partial charge in [-0.3, -0.25) is 0 Å². The van der Waals surface area contributed by atoms with Gasteiger partial charge in [0.05, 0.1) is 19.9 Å². The van der Waals surface area contributed by atoms with E-state index < -0.39 is 0 Å².